The number of nitrogens with zero attached hydrogens (tertiary/aromatic N) is 6. The molecule has 3 heterocycles. The lowest BCUT2D eigenvalue weighted by atomic mass is 9.98. The Kier molecular flexibility index (Phi) is 7.68. The largest absolute Gasteiger partial charge is 0.495 e. The van der Waals surface area contributed by atoms with Gasteiger partial charge in [0.1, 0.15) is 17.4 Å². The number of aromatic nitrogens is 2. The number of piperidine rings is 1. The Labute approximate surface area is 226 Å². The van der Waals surface area contributed by atoms with Crippen LogP contribution in [0.15, 0.2) is 30.3 Å². The summed E-state index contributed by atoms with van der Waals surface area (Å²) in [6.07, 6.45) is 2.52. The van der Waals surface area contributed by atoms with Crippen molar-refractivity contribution in [1.29, 1.82) is 5.26 Å². The van der Waals surface area contributed by atoms with Gasteiger partial charge in [0.05, 0.1) is 36.0 Å². The van der Waals surface area contributed by atoms with E-state index < -0.39 is 0 Å². The molecule has 5 rings (SSSR count). The fourth-order valence-corrected chi connectivity index (χ4v) is 6.00. The Morgan fingerprint density at radius 2 is 1.79 bits per heavy atom. The molecule has 2 aliphatic heterocycles. The van der Waals surface area contributed by atoms with E-state index in [1.807, 2.05) is 32.0 Å². The minimum absolute atomic E-state index is 0.0237. The molecule has 0 unspecified atom stereocenters. The molecule has 2 saturated heterocycles. The zero-order chi connectivity index (χ0) is 26.8. The van der Waals surface area contributed by atoms with Gasteiger partial charge in [0.15, 0.2) is 0 Å². The van der Waals surface area contributed by atoms with Gasteiger partial charge in [0.25, 0.3) is 0 Å². The van der Waals surface area contributed by atoms with E-state index in [2.05, 4.69) is 52.2 Å². The average molecular weight is 514 g/mol. The van der Waals surface area contributed by atoms with Gasteiger partial charge >= 0.3 is 0 Å². The molecule has 1 N–H and O–H groups in total. The maximum atomic E-state index is 9.48. The number of nitrogens with one attached hydrogen (secondary N) is 1. The van der Waals surface area contributed by atoms with Crippen molar-refractivity contribution in [3.05, 3.63) is 52.8 Å². The zero-order valence-corrected chi connectivity index (χ0v) is 23.3. The highest BCUT2D eigenvalue weighted by Crippen LogP contribution is 2.37. The van der Waals surface area contributed by atoms with Crippen LogP contribution in [0.5, 0.6) is 5.75 Å². The molecule has 1 atom stereocenters. The standard InChI is InChI=1S/C30H39N7O/c1-20-23(19-31)7-6-8-25(20)21(2)32-30-26-17-28(29(38-5)18-27(26)33-22(3)34-30)37-15-13-36(14-16-37)24-9-11-35(4)12-10-24/h6-8,17-18,21,24H,9-16H2,1-5H3,(H,32,33,34)/t21-/m1/s1. The Bertz CT molecular complexity index is 1330. The second kappa shape index (κ2) is 11.1. The van der Waals surface area contributed by atoms with E-state index in [4.69, 9.17) is 14.7 Å². The van der Waals surface area contributed by atoms with Crippen LogP contribution in [0.1, 0.15) is 48.3 Å². The number of piperazine rings is 1. The third-order valence-corrected chi connectivity index (χ3v) is 8.28. The average Bonchev–Trinajstić information content (AvgIpc) is 2.93. The number of methoxy groups -OCH3 is 1. The lowest BCUT2D eigenvalue weighted by Gasteiger charge is -2.43. The molecule has 0 aliphatic carbocycles. The van der Waals surface area contributed by atoms with Gasteiger partial charge in [-0.15, -0.1) is 0 Å². The fourth-order valence-electron chi connectivity index (χ4n) is 6.00. The van der Waals surface area contributed by atoms with Crippen LogP contribution >= 0.6 is 0 Å². The topological polar surface area (TPSA) is 80.5 Å². The molecule has 3 aromatic rings. The molecule has 0 radical (unpaired) electrons. The number of likely N-dealkylation sites (tertiary alicyclic amines) is 1. The summed E-state index contributed by atoms with van der Waals surface area (Å²) < 4.78 is 5.86. The molecule has 0 bridgehead atoms. The molecule has 0 amide bonds. The first-order valence-electron chi connectivity index (χ1n) is 13.7. The van der Waals surface area contributed by atoms with Gasteiger partial charge in [0, 0.05) is 43.7 Å². The van der Waals surface area contributed by atoms with E-state index in [1.54, 1.807) is 7.11 Å². The van der Waals surface area contributed by atoms with E-state index in [0.717, 1.165) is 65.5 Å². The first-order valence-corrected chi connectivity index (χ1v) is 13.7. The van der Waals surface area contributed by atoms with Crippen molar-refractivity contribution in [2.24, 2.45) is 0 Å². The zero-order valence-electron chi connectivity index (χ0n) is 23.3. The molecule has 0 spiro atoms. The van der Waals surface area contributed by atoms with Gasteiger partial charge in [0.2, 0.25) is 0 Å². The van der Waals surface area contributed by atoms with Crippen LogP contribution in [-0.4, -0.2) is 79.2 Å². The molecule has 2 aliphatic rings. The Morgan fingerprint density at radius 1 is 1.05 bits per heavy atom. The third kappa shape index (κ3) is 5.27. The van der Waals surface area contributed by atoms with Crippen molar-refractivity contribution in [2.45, 2.75) is 45.7 Å². The SMILES string of the molecule is COc1cc2nc(C)nc(N[C@H](C)c3cccc(C#N)c3C)c2cc1N1CCN(C2CCN(C)CC2)CC1. The summed E-state index contributed by atoms with van der Waals surface area (Å²) >= 11 is 0. The molecule has 8 heteroatoms. The van der Waals surface area contributed by atoms with Crippen molar-refractivity contribution in [2.75, 3.05) is 63.6 Å². The van der Waals surface area contributed by atoms with Crippen LogP contribution in [0.25, 0.3) is 10.9 Å². The van der Waals surface area contributed by atoms with Crippen LogP contribution in [0.3, 0.4) is 0 Å². The molecule has 2 fully saturated rings. The molecular formula is C30H39N7O. The highest BCUT2D eigenvalue weighted by atomic mass is 16.5. The lowest BCUT2D eigenvalue weighted by molar-refractivity contribution is 0.115. The summed E-state index contributed by atoms with van der Waals surface area (Å²) in [6.45, 7) is 12.5. The maximum absolute atomic E-state index is 9.48. The van der Waals surface area contributed by atoms with Crippen LogP contribution in [0.4, 0.5) is 11.5 Å². The Balaban J connectivity index is 1.42. The summed E-state index contributed by atoms with van der Waals surface area (Å²) in [5.74, 6) is 2.35. The second-order valence-corrected chi connectivity index (χ2v) is 10.7. The quantitative estimate of drug-likeness (QED) is 0.516. The maximum Gasteiger partial charge on any atom is 0.144 e. The fraction of sp³-hybridized carbons (Fsp3) is 0.500. The van der Waals surface area contributed by atoms with E-state index in [-0.39, 0.29) is 6.04 Å². The second-order valence-electron chi connectivity index (χ2n) is 10.7. The molecule has 8 nitrogen and oxygen atoms in total. The highest BCUT2D eigenvalue weighted by molar-refractivity contribution is 5.94. The number of anilines is 2. The predicted molar refractivity (Wildman–Crippen MR) is 153 cm³/mol. The molecule has 2 aromatic carbocycles. The number of rotatable bonds is 6. The van der Waals surface area contributed by atoms with E-state index in [1.165, 1.54) is 25.9 Å². The van der Waals surface area contributed by atoms with Crippen LogP contribution in [0, 0.1) is 25.2 Å². The van der Waals surface area contributed by atoms with Gasteiger partial charge in [-0.25, -0.2) is 9.97 Å². The van der Waals surface area contributed by atoms with Crippen molar-refractivity contribution in [3.63, 3.8) is 0 Å². The monoisotopic (exact) mass is 513 g/mol. The summed E-state index contributed by atoms with van der Waals surface area (Å²) in [4.78, 5) is 17.1. The van der Waals surface area contributed by atoms with E-state index in [9.17, 15) is 5.26 Å². The first kappa shape index (κ1) is 26.2. The van der Waals surface area contributed by atoms with Gasteiger partial charge in [-0.1, -0.05) is 12.1 Å². The molecule has 1 aromatic heterocycles. The Morgan fingerprint density at radius 3 is 2.47 bits per heavy atom. The molecular weight excluding hydrogens is 474 g/mol. The first-order chi connectivity index (χ1) is 18.4. The van der Waals surface area contributed by atoms with Gasteiger partial charge in [-0.05, 0) is 77.0 Å². The minimum Gasteiger partial charge on any atom is -0.495 e. The predicted octanol–water partition coefficient (Wildman–Crippen LogP) is 4.52. The molecule has 200 valence electrons. The van der Waals surface area contributed by atoms with E-state index in [0.29, 0.717) is 17.4 Å². The number of ether oxygens (including phenoxy) is 1. The molecule has 38 heavy (non-hydrogen) atoms. The van der Waals surface area contributed by atoms with Crippen molar-refractivity contribution in [1.82, 2.24) is 19.8 Å². The number of hydrogen-bond acceptors (Lipinski definition) is 8. The summed E-state index contributed by atoms with van der Waals surface area (Å²) in [6, 6.07) is 13.1. The number of aryl methyl sites for hydroxylation is 1. The van der Waals surface area contributed by atoms with Gasteiger partial charge < -0.3 is 19.9 Å². The van der Waals surface area contributed by atoms with Crippen molar-refractivity contribution < 1.29 is 4.74 Å². The van der Waals surface area contributed by atoms with Crippen LogP contribution in [0.2, 0.25) is 0 Å². The Hall–Kier alpha value is -3.41. The smallest absolute Gasteiger partial charge is 0.144 e. The third-order valence-electron chi connectivity index (χ3n) is 8.28. The van der Waals surface area contributed by atoms with Gasteiger partial charge in [-0.3, -0.25) is 4.90 Å². The lowest BCUT2D eigenvalue weighted by Crippen LogP contribution is -2.53. The summed E-state index contributed by atoms with van der Waals surface area (Å²) in [7, 11) is 3.96. The van der Waals surface area contributed by atoms with Crippen LogP contribution in [-0.2, 0) is 0 Å². The van der Waals surface area contributed by atoms with Crippen molar-refractivity contribution >= 4 is 22.4 Å². The summed E-state index contributed by atoms with van der Waals surface area (Å²) in [5, 5.41) is 14.1. The van der Waals surface area contributed by atoms with Crippen LogP contribution < -0.4 is 15.0 Å². The number of nitriles is 1. The number of benzene rings is 2. The minimum atomic E-state index is -0.0237. The van der Waals surface area contributed by atoms with Crippen molar-refractivity contribution in [3.8, 4) is 11.8 Å². The normalized spacial score (nSPS) is 18.4. The van der Waals surface area contributed by atoms with Gasteiger partial charge in [-0.2, -0.15) is 5.26 Å². The number of hydrogen-bond donors (Lipinski definition) is 1. The molecule has 0 saturated carbocycles. The van der Waals surface area contributed by atoms with E-state index >= 15 is 0 Å². The highest BCUT2D eigenvalue weighted by Gasteiger charge is 2.28. The summed E-state index contributed by atoms with van der Waals surface area (Å²) in [5.41, 5.74) is 4.74. The number of fused-ring (bicyclic) bond motifs is 1.